The number of hydrogen-bond acceptors (Lipinski definition) is 4. The zero-order chi connectivity index (χ0) is 18.9. The molecule has 2 rings (SSSR count). The first kappa shape index (κ1) is 22.9. The molecule has 1 fully saturated rings. The van der Waals surface area contributed by atoms with Crippen molar-refractivity contribution in [3.63, 3.8) is 0 Å². The number of halogens is 2. The first-order chi connectivity index (χ1) is 12.5. The zero-order valence-electron chi connectivity index (χ0n) is 15.3. The number of urea groups is 1. The summed E-state index contributed by atoms with van der Waals surface area (Å²) in [7, 11) is 1.61. The summed E-state index contributed by atoms with van der Waals surface area (Å²) in [6, 6.07) is 5.88. The minimum atomic E-state index is -0.401. The Labute approximate surface area is 174 Å². The Morgan fingerprint density at radius 2 is 2.11 bits per heavy atom. The molecule has 0 bridgehead atoms. The van der Waals surface area contributed by atoms with Crippen molar-refractivity contribution in [1.29, 1.82) is 0 Å². The van der Waals surface area contributed by atoms with Crippen LogP contribution >= 0.6 is 24.0 Å². The van der Waals surface area contributed by atoms with Gasteiger partial charge < -0.3 is 20.7 Å². The predicted octanol–water partition coefficient (Wildman–Crippen LogP) is 1.32. The monoisotopic (exact) mass is 493 g/mol. The Kier molecular flexibility index (Phi) is 9.83. The number of para-hydroxylation sites is 1. The first-order valence-corrected chi connectivity index (χ1v) is 8.49. The smallest absolute Gasteiger partial charge is 0.324 e. The topological polar surface area (TPSA) is 95.1 Å². The van der Waals surface area contributed by atoms with Gasteiger partial charge in [-0.25, -0.2) is 9.18 Å². The SMILES string of the molecule is CCC(CNC(=NC)NCCN1C(=O)CNC1=O)Oc1ccccc1F.I. The molecule has 27 heavy (non-hydrogen) atoms. The number of carbonyl (C=O) groups is 2. The van der Waals surface area contributed by atoms with Crippen LogP contribution in [0.5, 0.6) is 5.75 Å². The fraction of sp³-hybridized carbons (Fsp3) is 0.471. The molecule has 0 radical (unpaired) electrons. The average molecular weight is 493 g/mol. The van der Waals surface area contributed by atoms with Crippen molar-refractivity contribution in [2.24, 2.45) is 4.99 Å². The molecule has 1 aromatic rings. The van der Waals surface area contributed by atoms with E-state index in [4.69, 9.17) is 4.74 Å². The van der Waals surface area contributed by atoms with Crippen LogP contribution in [0.25, 0.3) is 0 Å². The Morgan fingerprint density at radius 3 is 2.70 bits per heavy atom. The molecule has 1 heterocycles. The van der Waals surface area contributed by atoms with Crippen molar-refractivity contribution in [3.8, 4) is 5.75 Å². The summed E-state index contributed by atoms with van der Waals surface area (Å²) >= 11 is 0. The van der Waals surface area contributed by atoms with E-state index in [-0.39, 0.29) is 60.9 Å². The number of guanidine groups is 1. The van der Waals surface area contributed by atoms with Gasteiger partial charge in [-0.05, 0) is 18.6 Å². The molecule has 10 heteroatoms. The number of nitrogens with zero attached hydrogens (tertiary/aromatic N) is 2. The number of nitrogens with one attached hydrogen (secondary N) is 3. The zero-order valence-corrected chi connectivity index (χ0v) is 17.7. The van der Waals surface area contributed by atoms with E-state index in [0.29, 0.717) is 25.5 Å². The lowest BCUT2D eigenvalue weighted by molar-refractivity contribution is -0.124. The highest BCUT2D eigenvalue weighted by Crippen LogP contribution is 2.17. The summed E-state index contributed by atoms with van der Waals surface area (Å²) in [6.07, 6.45) is 0.442. The van der Waals surface area contributed by atoms with Crippen LogP contribution in [0.4, 0.5) is 9.18 Å². The standard InChI is InChI=1S/C17H24FN5O3.HI/c1-3-12(26-14-7-5-4-6-13(14)18)10-21-16(19-2)20-8-9-23-15(24)11-22-17(23)25;/h4-7,12H,3,8-11H2,1-2H3,(H,22,25)(H2,19,20,21);1H. The Morgan fingerprint density at radius 1 is 1.37 bits per heavy atom. The van der Waals surface area contributed by atoms with Crippen LogP contribution < -0.4 is 20.7 Å². The van der Waals surface area contributed by atoms with Crippen LogP contribution in [0.15, 0.2) is 29.3 Å². The fourth-order valence-corrected chi connectivity index (χ4v) is 2.39. The largest absolute Gasteiger partial charge is 0.486 e. The number of amides is 3. The molecule has 0 spiro atoms. The highest BCUT2D eigenvalue weighted by Gasteiger charge is 2.27. The molecule has 1 aromatic carbocycles. The van der Waals surface area contributed by atoms with E-state index in [1.165, 1.54) is 6.07 Å². The van der Waals surface area contributed by atoms with E-state index in [2.05, 4.69) is 20.9 Å². The second kappa shape index (κ2) is 11.6. The van der Waals surface area contributed by atoms with Crippen LogP contribution in [0, 0.1) is 5.82 Å². The van der Waals surface area contributed by atoms with Gasteiger partial charge in [-0.3, -0.25) is 14.7 Å². The van der Waals surface area contributed by atoms with Gasteiger partial charge in [0.2, 0.25) is 5.91 Å². The highest BCUT2D eigenvalue weighted by atomic mass is 127. The Balaban J connectivity index is 0.00000364. The maximum atomic E-state index is 13.7. The van der Waals surface area contributed by atoms with Crippen molar-refractivity contribution in [3.05, 3.63) is 30.1 Å². The summed E-state index contributed by atoms with van der Waals surface area (Å²) in [4.78, 5) is 28.2. The van der Waals surface area contributed by atoms with E-state index < -0.39 is 5.82 Å². The van der Waals surface area contributed by atoms with Gasteiger partial charge in [-0.2, -0.15) is 0 Å². The van der Waals surface area contributed by atoms with E-state index in [1.807, 2.05) is 6.92 Å². The molecule has 1 saturated heterocycles. The number of imide groups is 1. The van der Waals surface area contributed by atoms with Gasteiger partial charge >= 0.3 is 6.03 Å². The van der Waals surface area contributed by atoms with Crippen molar-refractivity contribution < 1.29 is 18.7 Å². The van der Waals surface area contributed by atoms with Gasteiger partial charge in [0.1, 0.15) is 6.10 Å². The third kappa shape index (κ3) is 6.85. The molecule has 3 amide bonds. The van der Waals surface area contributed by atoms with E-state index in [9.17, 15) is 14.0 Å². The predicted molar refractivity (Wildman–Crippen MR) is 111 cm³/mol. The second-order valence-electron chi connectivity index (χ2n) is 5.66. The van der Waals surface area contributed by atoms with Crippen LogP contribution in [0.3, 0.4) is 0 Å². The lowest BCUT2D eigenvalue weighted by atomic mass is 10.2. The summed E-state index contributed by atoms with van der Waals surface area (Å²) in [6.45, 7) is 3.02. The minimum Gasteiger partial charge on any atom is -0.486 e. The quantitative estimate of drug-likeness (QED) is 0.220. The molecule has 150 valence electrons. The molecule has 3 N–H and O–H groups in total. The molecule has 8 nitrogen and oxygen atoms in total. The molecule has 1 aliphatic heterocycles. The van der Waals surface area contributed by atoms with Crippen molar-refractivity contribution >= 4 is 41.9 Å². The lowest BCUT2D eigenvalue weighted by Gasteiger charge is -2.20. The summed E-state index contributed by atoms with van der Waals surface area (Å²) in [5, 5.41) is 8.59. The molecule has 0 aliphatic carbocycles. The molecule has 1 atom stereocenters. The molecule has 0 saturated carbocycles. The second-order valence-corrected chi connectivity index (χ2v) is 5.66. The first-order valence-electron chi connectivity index (χ1n) is 8.49. The maximum absolute atomic E-state index is 13.7. The maximum Gasteiger partial charge on any atom is 0.324 e. The minimum absolute atomic E-state index is 0. The van der Waals surface area contributed by atoms with Crippen molar-refractivity contribution in [1.82, 2.24) is 20.9 Å². The summed E-state index contributed by atoms with van der Waals surface area (Å²) < 4.78 is 19.4. The Hall–Kier alpha value is -2.11. The fourth-order valence-electron chi connectivity index (χ4n) is 2.39. The number of aliphatic imine (C=N–C) groups is 1. The third-order valence-electron chi connectivity index (χ3n) is 3.87. The van der Waals surface area contributed by atoms with Gasteiger partial charge in [0.25, 0.3) is 0 Å². The lowest BCUT2D eigenvalue weighted by Crippen LogP contribution is -2.45. The van der Waals surface area contributed by atoms with Gasteiger partial charge in [-0.1, -0.05) is 19.1 Å². The molecule has 1 aliphatic rings. The highest BCUT2D eigenvalue weighted by molar-refractivity contribution is 14.0. The Bertz CT molecular complexity index is 658. The van der Waals surface area contributed by atoms with Crippen LogP contribution in [-0.2, 0) is 4.79 Å². The van der Waals surface area contributed by atoms with Crippen LogP contribution in [-0.4, -0.2) is 62.1 Å². The van der Waals surface area contributed by atoms with Gasteiger partial charge in [-0.15, -0.1) is 24.0 Å². The number of carbonyl (C=O) groups excluding carboxylic acids is 2. The number of hydrogen-bond donors (Lipinski definition) is 3. The van der Waals surface area contributed by atoms with E-state index in [0.717, 1.165) is 4.90 Å². The van der Waals surface area contributed by atoms with Crippen LogP contribution in [0.1, 0.15) is 13.3 Å². The summed E-state index contributed by atoms with van der Waals surface area (Å²) in [5.41, 5.74) is 0. The van der Waals surface area contributed by atoms with Gasteiger partial charge in [0, 0.05) is 20.1 Å². The number of benzene rings is 1. The molecular formula is C17H25FIN5O3. The van der Waals surface area contributed by atoms with E-state index in [1.54, 1.807) is 25.2 Å². The van der Waals surface area contributed by atoms with Gasteiger partial charge in [0.05, 0.1) is 13.1 Å². The number of rotatable bonds is 8. The molecule has 0 aromatic heterocycles. The van der Waals surface area contributed by atoms with E-state index >= 15 is 0 Å². The average Bonchev–Trinajstić information content (AvgIpc) is 2.96. The van der Waals surface area contributed by atoms with Gasteiger partial charge in [0.15, 0.2) is 17.5 Å². The van der Waals surface area contributed by atoms with Crippen LogP contribution in [0.2, 0.25) is 0 Å². The van der Waals surface area contributed by atoms with Crippen molar-refractivity contribution in [2.75, 3.05) is 33.2 Å². The summed E-state index contributed by atoms with van der Waals surface area (Å²) in [5.74, 6) is 0.0707. The van der Waals surface area contributed by atoms with Crippen molar-refractivity contribution in [2.45, 2.75) is 19.4 Å². The number of ether oxygens (including phenoxy) is 1. The third-order valence-corrected chi connectivity index (χ3v) is 3.87. The normalized spacial score (nSPS) is 15.1. The molecular weight excluding hydrogens is 468 g/mol. The molecule has 1 unspecified atom stereocenters.